The molecule has 3 amide bonds. The van der Waals surface area contributed by atoms with Crippen LogP contribution >= 0.6 is 0 Å². The number of alkyl carbamates (subject to hydrolysis) is 1. The van der Waals surface area contributed by atoms with E-state index in [4.69, 9.17) is 9.47 Å². The second-order valence-corrected chi connectivity index (χ2v) is 11.7. The molecule has 2 aromatic carbocycles. The van der Waals surface area contributed by atoms with Crippen LogP contribution < -0.4 is 16.0 Å². The summed E-state index contributed by atoms with van der Waals surface area (Å²) in [6.45, 7) is 3.94. The molecule has 1 fully saturated rings. The van der Waals surface area contributed by atoms with E-state index in [2.05, 4.69) is 16.0 Å². The van der Waals surface area contributed by atoms with Crippen molar-refractivity contribution in [1.82, 2.24) is 16.0 Å². The molecule has 4 N–H and O–H groups in total. The average Bonchev–Trinajstić information content (AvgIpc) is 3.33. The predicted octanol–water partition coefficient (Wildman–Crippen LogP) is 2.41. The molecule has 0 bridgehead atoms. The first-order chi connectivity index (χ1) is 19.4. The molecule has 1 saturated heterocycles. The fraction of sp³-hybridized carbons (Fsp3) is 0.429. The molecular formula is C28H35N3O9S. The number of ether oxygens (including phenoxy) is 2. The highest BCUT2D eigenvalue weighted by atomic mass is 32.2. The summed E-state index contributed by atoms with van der Waals surface area (Å²) in [7, 11) is -5.08. The van der Waals surface area contributed by atoms with Gasteiger partial charge in [0.05, 0.1) is 11.6 Å². The van der Waals surface area contributed by atoms with E-state index in [0.717, 1.165) is 5.56 Å². The molecule has 0 spiro atoms. The van der Waals surface area contributed by atoms with E-state index < -0.39 is 51.5 Å². The van der Waals surface area contributed by atoms with Gasteiger partial charge in [0.2, 0.25) is 17.3 Å². The van der Waals surface area contributed by atoms with Gasteiger partial charge in [-0.3, -0.25) is 14.1 Å². The Balaban J connectivity index is 1.81. The van der Waals surface area contributed by atoms with Gasteiger partial charge >= 0.3 is 22.2 Å². The van der Waals surface area contributed by atoms with Crippen LogP contribution in [-0.4, -0.2) is 60.9 Å². The summed E-state index contributed by atoms with van der Waals surface area (Å²) in [4.78, 5) is 51.0. The highest BCUT2D eigenvalue weighted by Crippen LogP contribution is 2.23. The van der Waals surface area contributed by atoms with Gasteiger partial charge in [0.15, 0.2) is 0 Å². The molecule has 0 saturated carbocycles. The molecule has 0 radical (unpaired) electrons. The first-order valence-corrected chi connectivity index (χ1v) is 14.7. The molecule has 222 valence electrons. The van der Waals surface area contributed by atoms with Crippen LogP contribution in [-0.2, 0) is 35.8 Å². The van der Waals surface area contributed by atoms with Crippen LogP contribution in [0.3, 0.4) is 0 Å². The van der Waals surface area contributed by atoms with E-state index in [0.29, 0.717) is 13.0 Å². The summed E-state index contributed by atoms with van der Waals surface area (Å²) >= 11 is 0. The monoisotopic (exact) mass is 589 g/mol. The van der Waals surface area contributed by atoms with Crippen LogP contribution in [0.1, 0.15) is 49.0 Å². The van der Waals surface area contributed by atoms with Gasteiger partial charge in [0, 0.05) is 12.5 Å². The lowest BCUT2D eigenvalue weighted by Gasteiger charge is -2.29. The van der Waals surface area contributed by atoms with Crippen LogP contribution in [0.2, 0.25) is 0 Å². The molecule has 1 heterocycles. The zero-order valence-electron chi connectivity index (χ0n) is 22.8. The molecule has 2 aromatic rings. The molecule has 0 aliphatic carbocycles. The smallest absolute Gasteiger partial charge is 0.408 e. The summed E-state index contributed by atoms with van der Waals surface area (Å²) in [5, 5.41) is 7.64. The molecule has 12 nitrogen and oxygen atoms in total. The van der Waals surface area contributed by atoms with Crippen molar-refractivity contribution >= 4 is 34.0 Å². The van der Waals surface area contributed by atoms with Crippen molar-refractivity contribution in [1.29, 1.82) is 0 Å². The Labute approximate surface area is 238 Å². The minimum Gasteiger partial charge on any atom is -0.445 e. The molecule has 4 atom stereocenters. The maximum Gasteiger partial charge on any atom is 0.408 e. The lowest BCUT2D eigenvalue weighted by molar-refractivity contribution is -0.126. The van der Waals surface area contributed by atoms with Gasteiger partial charge in [-0.15, -0.1) is 0 Å². The minimum atomic E-state index is -5.08. The summed E-state index contributed by atoms with van der Waals surface area (Å²) in [5.41, 5.74) is -1.47. The molecule has 41 heavy (non-hydrogen) atoms. The Morgan fingerprint density at radius 1 is 1.02 bits per heavy atom. The second-order valence-electron chi connectivity index (χ2n) is 10.2. The Morgan fingerprint density at radius 2 is 1.66 bits per heavy atom. The van der Waals surface area contributed by atoms with Crippen molar-refractivity contribution in [3.8, 4) is 0 Å². The van der Waals surface area contributed by atoms with Gasteiger partial charge in [-0.05, 0) is 42.9 Å². The van der Waals surface area contributed by atoms with E-state index in [1.807, 2.05) is 19.9 Å². The SMILES string of the molecule is CC(C)CC(NC(=O)OCc1ccccc1)C(=O)NC(C[C@@H]1CCNC1=O)C(OC(=O)c1ccccc1)S(=O)(=O)O. The summed E-state index contributed by atoms with van der Waals surface area (Å²) in [6, 6.07) is 13.8. The zero-order chi connectivity index (χ0) is 30.0. The number of benzene rings is 2. The summed E-state index contributed by atoms with van der Waals surface area (Å²) in [6.07, 6.45) is -0.626. The highest BCUT2D eigenvalue weighted by molar-refractivity contribution is 7.86. The minimum absolute atomic E-state index is 0.0188. The number of carbonyl (C=O) groups is 4. The number of hydrogen-bond acceptors (Lipinski definition) is 8. The van der Waals surface area contributed by atoms with Crippen molar-refractivity contribution in [2.24, 2.45) is 11.8 Å². The summed E-state index contributed by atoms with van der Waals surface area (Å²) < 4.78 is 45.4. The Morgan fingerprint density at radius 3 is 2.22 bits per heavy atom. The van der Waals surface area contributed by atoms with Crippen molar-refractivity contribution in [3.05, 3.63) is 71.8 Å². The zero-order valence-corrected chi connectivity index (χ0v) is 23.6. The third-order valence-corrected chi connectivity index (χ3v) is 7.42. The Hall–Kier alpha value is -3.97. The Kier molecular flexibility index (Phi) is 11.2. The van der Waals surface area contributed by atoms with E-state index >= 15 is 0 Å². The maximum atomic E-state index is 13.4. The standard InChI is InChI=1S/C28H35N3O9S/c1-18(2)15-22(31-28(35)39-17-19-9-5-3-6-10-19)25(33)30-23(16-21-13-14-29-24(21)32)27(41(36,37)38)40-26(34)20-11-7-4-8-12-20/h3-12,18,21-23,27H,13-17H2,1-2H3,(H,29,32)(H,30,33)(H,31,35)(H,36,37,38)/t21-,22?,23?,27?/m0/s1. The molecule has 13 heteroatoms. The van der Waals surface area contributed by atoms with Crippen LogP contribution in [0.5, 0.6) is 0 Å². The van der Waals surface area contributed by atoms with Gasteiger partial charge in [-0.25, -0.2) is 9.59 Å². The van der Waals surface area contributed by atoms with E-state index in [1.165, 1.54) is 12.1 Å². The lowest BCUT2D eigenvalue weighted by Crippen LogP contribution is -2.55. The maximum absolute atomic E-state index is 13.4. The molecule has 3 rings (SSSR count). The first-order valence-electron chi connectivity index (χ1n) is 13.2. The topological polar surface area (TPSA) is 177 Å². The normalized spacial score (nSPS) is 17.2. The van der Waals surface area contributed by atoms with Gasteiger partial charge in [-0.1, -0.05) is 62.4 Å². The highest BCUT2D eigenvalue weighted by Gasteiger charge is 2.41. The van der Waals surface area contributed by atoms with Gasteiger partial charge in [0.25, 0.3) is 0 Å². The number of esters is 1. The lowest BCUT2D eigenvalue weighted by atomic mass is 9.97. The predicted molar refractivity (Wildman–Crippen MR) is 148 cm³/mol. The third-order valence-electron chi connectivity index (χ3n) is 6.41. The van der Waals surface area contributed by atoms with Crippen LogP contribution in [0.25, 0.3) is 0 Å². The summed E-state index contributed by atoms with van der Waals surface area (Å²) in [5.74, 6) is -3.01. The van der Waals surface area contributed by atoms with Gasteiger partial charge < -0.3 is 25.4 Å². The second kappa shape index (κ2) is 14.6. The fourth-order valence-corrected chi connectivity index (χ4v) is 5.21. The molecular weight excluding hydrogens is 554 g/mol. The van der Waals surface area contributed by atoms with Crippen molar-refractivity contribution < 1.29 is 41.6 Å². The van der Waals surface area contributed by atoms with Crippen molar-refractivity contribution in [2.45, 2.75) is 57.2 Å². The van der Waals surface area contributed by atoms with Crippen molar-refractivity contribution in [2.75, 3.05) is 6.54 Å². The molecule has 0 aromatic heterocycles. The Bertz CT molecular complexity index is 1300. The first kappa shape index (κ1) is 31.6. The number of amides is 3. The van der Waals surface area contributed by atoms with Gasteiger partial charge in [0.1, 0.15) is 12.6 Å². The van der Waals surface area contributed by atoms with E-state index in [-0.39, 0.29) is 36.8 Å². The fourth-order valence-electron chi connectivity index (χ4n) is 4.41. The van der Waals surface area contributed by atoms with Crippen LogP contribution in [0, 0.1) is 11.8 Å². The molecule has 1 aliphatic heterocycles. The number of rotatable bonds is 13. The molecule has 3 unspecified atom stereocenters. The van der Waals surface area contributed by atoms with Crippen molar-refractivity contribution in [3.63, 3.8) is 0 Å². The number of nitrogens with one attached hydrogen (secondary N) is 3. The number of hydrogen-bond donors (Lipinski definition) is 4. The third kappa shape index (κ3) is 9.87. The van der Waals surface area contributed by atoms with Crippen LogP contribution in [0.4, 0.5) is 4.79 Å². The largest absolute Gasteiger partial charge is 0.445 e. The average molecular weight is 590 g/mol. The van der Waals surface area contributed by atoms with E-state index in [1.54, 1.807) is 42.5 Å². The van der Waals surface area contributed by atoms with Gasteiger partial charge in [-0.2, -0.15) is 8.42 Å². The quantitative estimate of drug-likeness (QED) is 0.202. The molecule has 1 aliphatic rings. The van der Waals surface area contributed by atoms with Crippen LogP contribution in [0.15, 0.2) is 60.7 Å². The van der Waals surface area contributed by atoms with E-state index in [9.17, 15) is 32.1 Å². The number of carbonyl (C=O) groups excluding carboxylic acids is 4.